The van der Waals surface area contributed by atoms with E-state index in [-0.39, 0.29) is 0 Å². The summed E-state index contributed by atoms with van der Waals surface area (Å²) < 4.78 is 6.19. The van der Waals surface area contributed by atoms with Crippen LogP contribution in [-0.2, 0) is 0 Å². The summed E-state index contributed by atoms with van der Waals surface area (Å²) in [6, 6.07) is 56.4. The molecule has 0 aliphatic heterocycles. The van der Waals surface area contributed by atoms with E-state index in [4.69, 9.17) is 19.4 Å². The molecule has 0 aliphatic carbocycles. The van der Waals surface area contributed by atoms with Gasteiger partial charge in [-0.3, -0.25) is 0 Å². The lowest BCUT2D eigenvalue weighted by Crippen LogP contribution is -2.00. The third-order valence-electron chi connectivity index (χ3n) is 8.73. The Morgan fingerprint density at radius 2 is 0.894 bits per heavy atom. The van der Waals surface area contributed by atoms with Crippen LogP contribution >= 0.6 is 0 Å². The largest absolute Gasteiger partial charge is 0.456 e. The Morgan fingerprint density at radius 3 is 1.70 bits per heavy atom. The second-order valence-corrected chi connectivity index (χ2v) is 11.7. The average molecular weight is 602 g/mol. The zero-order valence-corrected chi connectivity index (χ0v) is 25.3. The number of fused-ring (bicyclic) bond motifs is 4. The molecule has 2 aromatic heterocycles. The third-order valence-corrected chi connectivity index (χ3v) is 8.73. The third kappa shape index (κ3) is 4.93. The van der Waals surface area contributed by atoms with Crippen LogP contribution in [0.5, 0.6) is 0 Å². The Balaban J connectivity index is 1.18. The molecule has 7 aromatic carbocycles. The lowest BCUT2D eigenvalue weighted by Gasteiger charge is -2.11. The van der Waals surface area contributed by atoms with Gasteiger partial charge in [0, 0.05) is 27.5 Å². The lowest BCUT2D eigenvalue weighted by atomic mass is 9.96. The molecule has 220 valence electrons. The van der Waals surface area contributed by atoms with Crippen LogP contribution in [0.4, 0.5) is 0 Å². The smallest absolute Gasteiger partial charge is 0.164 e. The van der Waals surface area contributed by atoms with Gasteiger partial charge < -0.3 is 4.42 Å². The van der Waals surface area contributed by atoms with Crippen molar-refractivity contribution in [2.45, 2.75) is 0 Å². The minimum Gasteiger partial charge on any atom is -0.456 e. The van der Waals surface area contributed by atoms with Crippen molar-refractivity contribution < 1.29 is 4.42 Å². The summed E-state index contributed by atoms with van der Waals surface area (Å²) in [7, 11) is 0. The Bertz CT molecular complexity index is 2570. The molecule has 4 nitrogen and oxygen atoms in total. The molecule has 0 unspecified atom stereocenters. The number of rotatable bonds is 5. The standard InChI is InChI=1S/C43H27N3O/c1-3-11-28(12-4-1)35-19-10-15-29-21-22-34(26-38(29)35)43-45-41(30-13-5-2-6-14-30)44-42(46-43)33-17-9-16-31(25-33)32-23-24-37-36-18-7-8-20-39(36)47-40(37)27-32/h1-27H. The van der Waals surface area contributed by atoms with Crippen molar-refractivity contribution in [3.63, 3.8) is 0 Å². The first-order valence-electron chi connectivity index (χ1n) is 15.7. The van der Waals surface area contributed by atoms with Crippen molar-refractivity contribution in [2.24, 2.45) is 0 Å². The van der Waals surface area contributed by atoms with Gasteiger partial charge in [-0.2, -0.15) is 0 Å². The van der Waals surface area contributed by atoms with Gasteiger partial charge in [0.25, 0.3) is 0 Å². The summed E-state index contributed by atoms with van der Waals surface area (Å²) in [5.74, 6) is 1.89. The second kappa shape index (κ2) is 11.2. The van der Waals surface area contributed by atoms with E-state index in [1.807, 2.05) is 54.6 Å². The first kappa shape index (κ1) is 27.0. The van der Waals surface area contributed by atoms with Crippen LogP contribution in [0, 0.1) is 0 Å². The molecule has 0 N–H and O–H groups in total. The summed E-state index contributed by atoms with van der Waals surface area (Å²) in [6.45, 7) is 0. The molecule has 0 amide bonds. The fourth-order valence-corrected chi connectivity index (χ4v) is 6.37. The van der Waals surface area contributed by atoms with Crippen LogP contribution in [0.2, 0.25) is 0 Å². The topological polar surface area (TPSA) is 51.8 Å². The molecule has 0 bridgehead atoms. The van der Waals surface area contributed by atoms with Crippen molar-refractivity contribution >= 4 is 32.7 Å². The van der Waals surface area contributed by atoms with Gasteiger partial charge in [-0.1, -0.05) is 133 Å². The SMILES string of the molecule is c1ccc(-c2nc(-c3cccc(-c4ccc5c(c4)oc4ccccc45)c3)nc(-c3ccc4cccc(-c5ccccc5)c4c3)n2)cc1. The number of benzene rings is 7. The summed E-state index contributed by atoms with van der Waals surface area (Å²) in [5.41, 5.74) is 9.04. The van der Waals surface area contributed by atoms with Gasteiger partial charge in [0.1, 0.15) is 11.2 Å². The molecule has 2 heterocycles. The molecule has 9 aromatic rings. The highest BCUT2D eigenvalue weighted by molar-refractivity contribution is 6.06. The van der Waals surface area contributed by atoms with E-state index < -0.39 is 0 Å². The zero-order chi connectivity index (χ0) is 31.2. The van der Waals surface area contributed by atoms with Crippen LogP contribution in [0.3, 0.4) is 0 Å². The average Bonchev–Trinajstić information content (AvgIpc) is 3.53. The molecule has 0 atom stereocenters. The number of hydrogen-bond acceptors (Lipinski definition) is 4. The van der Waals surface area contributed by atoms with Crippen LogP contribution in [-0.4, -0.2) is 15.0 Å². The zero-order valence-electron chi connectivity index (χ0n) is 25.3. The van der Waals surface area contributed by atoms with Gasteiger partial charge in [-0.25, -0.2) is 15.0 Å². The molecular formula is C43H27N3O. The monoisotopic (exact) mass is 601 g/mol. The number of hydrogen-bond donors (Lipinski definition) is 0. The molecule has 0 saturated carbocycles. The van der Waals surface area contributed by atoms with Crippen LogP contribution < -0.4 is 0 Å². The Hall–Kier alpha value is -6.39. The highest BCUT2D eigenvalue weighted by Gasteiger charge is 2.15. The first-order chi connectivity index (χ1) is 23.3. The van der Waals surface area contributed by atoms with Crippen molar-refractivity contribution in [1.29, 1.82) is 0 Å². The van der Waals surface area contributed by atoms with Gasteiger partial charge >= 0.3 is 0 Å². The van der Waals surface area contributed by atoms with E-state index in [1.54, 1.807) is 0 Å². The van der Waals surface area contributed by atoms with Crippen molar-refractivity contribution in [2.75, 3.05) is 0 Å². The normalized spacial score (nSPS) is 11.4. The number of para-hydroxylation sites is 1. The van der Waals surface area contributed by atoms with Crippen LogP contribution in [0.15, 0.2) is 168 Å². The van der Waals surface area contributed by atoms with E-state index in [0.717, 1.165) is 55.1 Å². The second-order valence-electron chi connectivity index (χ2n) is 11.7. The lowest BCUT2D eigenvalue weighted by molar-refractivity contribution is 0.669. The van der Waals surface area contributed by atoms with E-state index in [0.29, 0.717) is 17.5 Å². The molecule has 0 saturated heterocycles. The Morgan fingerprint density at radius 1 is 0.319 bits per heavy atom. The van der Waals surface area contributed by atoms with Gasteiger partial charge in [0.15, 0.2) is 17.5 Å². The summed E-state index contributed by atoms with van der Waals surface area (Å²) in [4.78, 5) is 15.1. The van der Waals surface area contributed by atoms with Crippen molar-refractivity contribution in [3.05, 3.63) is 164 Å². The minimum absolute atomic E-state index is 0.622. The maximum Gasteiger partial charge on any atom is 0.164 e. The molecular weight excluding hydrogens is 574 g/mol. The number of aromatic nitrogens is 3. The van der Waals surface area contributed by atoms with Crippen LogP contribution in [0.25, 0.3) is 89.1 Å². The molecule has 4 heteroatoms. The van der Waals surface area contributed by atoms with E-state index in [1.165, 1.54) is 16.5 Å². The molecule has 0 spiro atoms. The Labute approximate surface area is 271 Å². The maximum absolute atomic E-state index is 6.19. The summed E-state index contributed by atoms with van der Waals surface area (Å²) in [6.07, 6.45) is 0. The minimum atomic E-state index is 0.622. The molecule has 9 rings (SSSR count). The Kier molecular flexibility index (Phi) is 6.43. The predicted molar refractivity (Wildman–Crippen MR) is 192 cm³/mol. The van der Waals surface area contributed by atoms with Gasteiger partial charge in [0.2, 0.25) is 0 Å². The highest BCUT2D eigenvalue weighted by Crippen LogP contribution is 2.35. The molecule has 0 aliphatic rings. The van der Waals surface area contributed by atoms with Crippen LogP contribution in [0.1, 0.15) is 0 Å². The fourth-order valence-electron chi connectivity index (χ4n) is 6.37. The van der Waals surface area contributed by atoms with Gasteiger partial charge in [0.05, 0.1) is 0 Å². The van der Waals surface area contributed by atoms with E-state index >= 15 is 0 Å². The fraction of sp³-hybridized carbons (Fsp3) is 0. The first-order valence-corrected chi connectivity index (χ1v) is 15.7. The van der Waals surface area contributed by atoms with E-state index in [9.17, 15) is 0 Å². The summed E-state index contributed by atoms with van der Waals surface area (Å²) >= 11 is 0. The number of furan rings is 1. The van der Waals surface area contributed by atoms with E-state index in [2.05, 4.69) is 109 Å². The maximum atomic E-state index is 6.19. The van der Waals surface area contributed by atoms with Gasteiger partial charge in [-0.15, -0.1) is 0 Å². The van der Waals surface area contributed by atoms with Gasteiger partial charge in [-0.05, 0) is 63.4 Å². The molecule has 0 radical (unpaired) electrons. The van der Waals surface area contributed by atoms with Crippen molar-refractivity contribution in [1.82, 2.24) is 15.0 Å². The number of nitrogens with zero attached hydrogens (tertiary/aromatic N) is 3. The predicted octanol–water partition coefficient (Wildman–Crippen LogP) is 11.3. The van der Waals surface area contributed by atoms with Crippen molar-refractivity contribution in [3.8, 4) is 56.4 Å². The quantitative estimate of drug-likeness (QED) is 0.197. The summed E-state index contributed by atoms with van der Waals surface area (Å²) in [5, 5.41) is 4.56. The molecule has 47 heavy (non-hydrogen) atoms. The highest BCUT2D eigenvalue weighted by atomic mass is 16.3. The molecule has 0 fully saturated rings.